The van der Waals surface area contributed by atoms with E-state index in [0.29, 0.717) is 6.42 Å². The average Bonchev–Trinajstić information content (AvgIpc) is 2.66. The molecule has 1 aromatic rings. The zero-order valence-electron chi connectivity index (χ0n) is 17.7. The standard InChI is InChI=1S/C19H26F6N6/c1-5-11(3)26-17-29-14(8-7-12(6-2)18(20,21)22)28-15(30-17)13-9-10-31(4)16(27-13)19(23,24)25/h9-12,16H,5-8H2,1-4H3,(H,26,28,29,30)/t11-,12-,16?/m1/s1. The number of aliphatic imine (C=N–C) groups is 1. The molecule has 0 saturated heterocycles. The maximum absolute atomic E-state index is 13.3. The number of anilines is 1. The van der Waals surface area contributed by atoms with Gasteiger partial charge in [-0.05, 0) is 32.3 Å². The van der Waals surface area contributed by atoms with Crippen molar-refractivity contribution < 1.29 is 26.3 Å². The fourth-order valence-corrected chi connectivity index (χ4v) is 2.91. The van der Waals surface area contributed by atoms with Crippen molar-refractivity contribution in [3.8, 4) is 0 Å². The van der Waals surface area contributed by atoms with Crippen LogP contribution in [0.5, 0.6) is 0 Å². The number of alkyl halides is 6. The predicted molar refractivity (Wildman–Crippen MR) is 105 cm³/mol. The first kappa shape index (κ1) is 24.9. The molecule has 0 spiro atoms. The van der Waals surface area contributed by atoms with Gasteiger partial charge in [-0.3, -0.25) is 0 Å². The highest BCUT2D eigenvalue weighted by Crippen LogP contribution is 2.32. The molecule has 0 fully saturated rings. The van der Waals surface area contributed by atoms with Gasteiger partial charge in [0, 0.05) is 25.7 Å². The molecular formula is C19H26F6N6. The zero-order valence-corrected chi connectivity index (χ0v) is 17.7. The fraction of sp³-hybridized carbons (Fsp3) is 0.684. The summed E-state index contributed by atoms with van der Waals surface area (Å²) in [7, 11) is 1.24. The quantitative estimate of drug-likeness (QED) is 0.578. The van der Waals surface area contributed by atoms with Gasteiger partial charge in [-0.2, -0.15) is 36.3 Å². The second-order valence-corrected chi connectivity index (χ2v) is 7.45. The van der Waals surface area contributed by atoms with Gasteiger partial charge < -0.3 is 10.2 Å². The van der Waals surface area contributed by atoms with Gasteiger partial charge in [0.15, 0.2) is 5.82 Å². The van der Waals surface area contributed by atoms with Crippen molar-refractivity contribution in [2.75, 3.05) is 12.4 Å². The highest BCUT2D eigenvalue weighted by molar-refractivity contribution is 6.06. The molecule has 3 atom stereocenters. The summed E-state index contributed by atoms with van der Waals surface area (Å²) in [4.78, 5) is 17.1. The van der Waals surface area contributed by atoms with Crippen molar-refractivity contribution in [2.45, 2.75) is 71.0 Å². The molecule has 174 valence electrons. The Morgan fingerprint density at radius 3 is 2.29 bits per heavy atom. The van der Waals surface area contributed by atoms with E-state index in [9.17, 15) is 26.3 Å². The maximum Gasteiger partial charge on any atom is 0.429 e. The van der Waals surface area contributed by atoms with Crippen LogP contribution >= 0.6 is 0 Å². The number of hydrogen-bond acceptors (Lipinski definition) is 6. The minimum Gasteiger partial charge on any atom is -0.352 e. The van der Waals surface area contributed by atoms with E-state index in [2.05, 4.69) is 25.3 Å². The van der Waals surface area contributed by atoms with Crippen LogP contribution in [0, 0.1) is 5.92 Å². The normalized spacial score (nSPS) is 19.2. The Hall–Kier alpha value is -2.40. The summed E-state index contributed by atoms with van der Waals surface area (Å²) in [5.74, 6) is -1.48. The number of nitrogens with one attached hydrogen (secondary N) is 1. The number of aryl methyl sites for hydroxylation is 1. The van der Waals surface area contributed by atoms with Crippen molar-refractivity contribution in [1.29, 1.82) is 0 Å². The van der Waals surface area contributed by atoms with Gasteiger partial charge in [-0.1, -0.05) is 13.8 Å². The zero-order chi connectivity index (χ0) is 23.4. The number of halogens is 6. The van der Waals surface area contributed by atoms with Gasteiger partial charge in [0.05, 0.1) is 5.92 Å². The van der Waals surface area contributed by atoms with Crippen LogP contribution in [0.15, 0.2) is 17.3 Å². The molecule has 1 aromatic heterocycles. The van der Waals surface area contributed by atoms with Crippen LogP contribution in [0.4, 0.5) is 32.3 Å². The highest BCUT2D eigenvalue weighted by Gasteiger charge is 2.43. The van der Waals surface area contributed by atoms with E-state index in [4.69, 9.17) is 0 Å². The summed E-state index contributed by atoms with van der Waals surface area (Å²) in [6.07, 6.45) is -8.22. The molecule has 6 nitrogen and oxygen atoms in total. The van der Waals surface area contributed by atoms with Crippen LogP contribution in [0.2, 0.25) is 0 Å². The van der Waals surface area contributed by atoms with Gasteiger partial charge in [-0.25, -0.2) is 9.98 Å². The molecule has 0 radical (unpaired) electrons. The van der Waals surface area contributed by atoms with Gasteiger partial charge in [-0.15, -0.1) is 0 Å². The minimum absolute atomic E-state index is 0.0560. The second-order valence-electron chi connectivity index (χ2n) is 7.45. The predicted octanol–water partition coefficient (Wildman–Crippen LogP) is 4.74. The molecule has 0 aliphatic carbocycles. The van der Waals surface area contributed by atoms with E-state index >= 15 is 0 Å². The molecule has 1 aliphatic heterocycles. The second kappa shape index (κ2) is 9.82. The molecule has 2 rings (SSSR count). The van der Waals surface area contributed by atoms with E-state index in [1.54, 1.807) is 0 Å². The number of aromatic nitrogens is 3. The molecule has 12 heteroatoms. The van der Waals surface area contributed by atoms with Gasteiger partial charge in [0.2, 0.25) is 12.1 Å². The smallest absolute Gasteiger partial charge is 0.352 e. The van der Waals surface area contributed by atoms with Gasteiger partial charge in [0.1, 0.15) is 11.5 Å². The Kier molecular flexibility index (Phi) is 7.87. The number of allylic oxidation sites excluding steroid dienone is 1. The Morgan fingerprint density at radius 2 is 1.74 bits per heavy atom. The maximum atomic E-state index is 13.3. The first-order chi connectivity index (χ1) is 14.3. The lowest BCUT2D eigenvalue weighted by molar-refractivity contribution is -0.177. The van der Waals surface area contributed by atoms with Crippen LogP contribution in [-0.2, 0) is 6.42 Å². The largest absolute Gasteiger partial charge is 0.429 e. The van der Waals surface area contributed by atoms with Gasteiger partial charge >= 0.3 is 12.4 Å². The molecular weight excluding hydrogens is 426 g/mol. The van der Waals surface area contributed by atoms with Crippen LogP contribution < -0.4 is 5.32 Å². The Bertz CT molecular complexity index is 804. The summed E-state index contributed by atoms with van der Waals surface area (Å²) >= 11 is 0. The first-order valence-corrected chi connectivity index (χ1v) is 9.98. The topological polar surface area (TPSA) is 66.3 Å². The Morgan fingerprint density at radius 1 is 1.06 bits per heavy atom. The molecule has 0 amide bonds. The van der Waals surface area contributed by atoms with Crippen molar-refractivity contribution in [2.24, 2.45) is 10.9 Å². The summed E-state index contributed by atoms with van der Waals surface area (Å²) in [6, 6.07) is -0.0560. The highest BCUT2D eigenvalue weighted by atomic mass is 19.4. The number of nitrogens with zero attached hydrogens (tertiary/aromatic N) is 5. The molecule has 2 heterocycles. The van der Waals surface area contributed by atoms with Gasteiger partial charge in [0.25, 0.3) is 0 Å². The van der Waals surface area contributed by atoms with E-state index in [1.165, 1.54) is 26.2 Å². The first-order valence-electron chi connectivity index (χ1n) is 9.98. The van der Waals surface area contributed by atoms with E-state index < -0.39 is 24.4 Å². The third-order valence-corrected chi connectivity index (χ3v) is 4.98. The summed E-state index contributed by atoms with van der Waals surface area (Å²) < 4.78 is 79.0. The summed E-state index contributed by atoms with van der Waals surface area (Å²) in [5.41, 5.74) is -0.112. The molecule has 0 aromatic carbocycles. The monoisotopic (exact) mass is 452 g/mol. The molecule has 0 saturated carbocycles. The van der Waals surface area contributed by atoms with Crippen molar-refractivity contribution in [3.05, 3.63) is 23.9 Å². The van der Waals surface area contributed by atoms with Crippen molar-refractivity contribution in [1.82, 2.24) is 19.9 Å². The van der Waals surface area contributed by atoms with Crippen molar-refractivity contribution in [3.63, 3.8) is 0 Å². The lowest BCUT2D eigenvalue weighted by atomic mass is 9.99. The molecule has 1 unspecified atom stereocenters. The van der Waals surface area contributed by atoms with E-state index in [1.807, 2.05) is 13.8 Å². The Balaban J connectivity index is 2.39. The van der Waals surface area contributed by atoms with Crippen LogP contribution in [0.1, 0.15) is 51.7 Å². The summed E-state index contributed by atoms with van der Waals surface area (Å²) in [5, 5.41) is 3.00. The van der Waals surface area contributed by atoms with Crippen LogP contribution in [0.25, 0.3) is 0 Å². The third kappa shape index (κ3) is 6.79. The number of hydrogen-bond donors (Lipinski definition) is 1. The molecule has 0 bridgehead atoms. The van der Waals surface area contributed by atoms with E-state index in [0.717, 1.165) is 4.90 Å². The third-order valence-electron chi connectivity index (χ3n) is 4.98. The average molecular weight is 452 g/mol. The van der Waals surface area contributed by atoms with Crippen molar-refractivity contribution >= 4 is 11.7 Å². The minimum atomic E-state index is -4.61. The lowest BCUT2D eigenvalue weighted by Gasteiger charge is -2.28. The SMILES string of the molecule is CC[C@H](CCc1nc(N[C@H](C)CC)nc(C2=NC(C(F)(F)F)N(C)C=C2)n1)C(F)(F)F. The number of rotatable bonds is 8. The molecule has 1 N–H and O–H groups in total. The molecule has 31 heavy (non-hydrogen) atoms. The van der Waals surface area contributed by atoms with Crippen LogP contribution in [0.3, 0.4) is 0 Å². The van der Waals surface area contributed by atoms with Crippen LogP contribution in [-0.4, -0.2) is 57.2 Å². The lowest BCUT2D eigenvalue weighted by Crippen LogP contribution is -2.42. The Labute approximate surface area is 176 Å². The molecule has 1 aliphatic rings. The fourth-order valence-electron chi connectivity index (χ4n) is 2.91. The summed E-state index contributed by atoms with van der Waals surface area (Å²) in [6.45, 7) is 5.21. The van der Waals surface area contributed by atoms with E-state index in [-0.39, 0.29) is 48.6 Å².